The molecular weight excluding hydrogens is 348 g/mol. The highest BCUT2D eigenvalue weighted by Crippen LogP contribution is 2.37. The number of hydrogen-bond acceptors (Lipinski definition) is 5. The third-order valence-electron chi connectivity index (χ3n) is 4.54. The van der Waals surface area contributed by atoms with Gasteiger partial charge in [0.2, 0.25) is 5.91 Å². The van der Waals surface area contributed by atoms with E-state index in [0.717, 1.165) is 31.5 Å². The predicted octanol–water partition coefficient (Wildman–Crippen LogP) is 3.53. The second-order valence-electron chi connectivity index (χ2n) is 6.28. The molecule has 1 atom stereocenters. The molecule has 1 aromatic carbocycles. The first-order valence-electron chi connectivity index (χ1n) is 8.67. The lowest BCUT2D eigenvalue weighted by Crippen LogP contribution is -2.31. The third-order valence-corrected chi connectivity index (χ3v) is 5.82. The summed E-state index contributed by atoms with van der Waals surface area (Å²) in [6.07, 6.45) is 3.76. The van der Waals surface area contributed by atoms with E-state index < -0.39 is 0 Å². The number of nitrogens with zero attached hydrogens (tertiary/aromatic N) is 4. The van der Waals surface area contributed by atoms with Crippen LogP contribution in [0.3, 0.4) is 0 Å². The number of benzene rings is 1. The normalized spacial score (nSPS) is 15.3. The SMILES string of the molecule is Cn1c(SC(C(=O)N2CCCC2)c2ccccc2)nnc1-c1ccco1. The molecule has 4 rings (SSSR count). The molecular formula is C19H20N4O2S. The Morgan fingerprint density at radius 1 is 1.12 bits per heavy atom. The first-order chi connectivity index (χ1) is 12.7. The van der Waals surface area contributed by atoms with Gasteiger partial charge in [0.15, 0.2) is 16.7 Å². The molecule has 3 heterocycles. The van der Waals surface area contributed by atoms with Gasteiger partial charge in [0.1, 0.15) is 5.25 Å². The smallest absolute Gasteiger partial charge is 0.240 e. The number of carbonyl (C=O) groups is 1. The summed E-state index contributed by atoms with van der Waals surface area (Å²) in [5.41, 5.74) is 0.983. The van der Waals surface area contributed by atoms with Crippen LogP contribution >= 0.6 is 11.8 Å². The minimum absolute atomic E-state index is 0.140. The number of furan rings is 1. The van der Waals surface area contributed by atoms with Crippen LogP contribution in [0.4, 0.5) is 0 Å². The van der Waals surface area contributed by atoms with Crippen LogP contribution in [-0.2, 0) is 11.8 Å². The Kier molecular flexibility index (Phi) is 4.79. The molecule has 0 radical (unpaired) electrons. The van der Waals surface area contributed by atoms with Crippen molar-refractivity contribution in [1.29, 1.82) is 0 Å². The summed E-state index contributed by atoms with van der Waals surface area (Å²) >= 11 is 1.44. The minimum Gasteiger partial charge on any atom is -0.461 e. The van der Waals surface area contributed by atoms with Gasteiger partial charge in [-0.15, -0.1) is 10.2 Å². The van der Waals surface area contributed by atoms with Gasteiger partial charge in [-0.2, -0.15) is 0 Å². The Labute approximate surface area is 156 Å². The van der Waals surface area contributed by atoms with Crippen molar-refractivity contribution in [2.45, 2.75) is 23.2 Å². The Balaban J connectivity index is 1.64. The molecule has 6 nitrogen and oxygen atoms in total. The zero-order valence-corrected chi connectivity index (χ0v) is 15.4. The van der Waals surface area contributed by atoms with Crippen molar-refractivity contribution >= 4 is 17.7 Å². The molecule has 3 aromatic rings. The molecule has 0 spiro atoms. The molecule has 134 valence electrons. The van der Waals surface area contributed by atoms with E-state index in [9.17, 15) is 4.79 Å². The molecule has 1 aliphatic heterocycles. The lowest BCUT2D eigenvalue weighted by molar-refractivity contribution is -0.129. The molecule has 0 bridgehead atoms. The maximum absolute atomic E-state index is 13.1. The van der Waals surface area contributed by atoms with Crippen LogP contribution < -0.4 is 0 Å². The van der Waals surface area contributed by atoms with E-state index in [1.54, 1.807) is 6.26 Å². The Morgan fingerprint density at radius 3 is 2.58 bits per heavy atom. The summed E-state index contributed by atoms with van der Waals surface area (Å²) in [6.45, 7) is 1.67. The molecule has 0 saturated carbocycles. The van der Waals surface area contributed by atoms with Gasteiger partial charge in [0.05, 0.1) is 6.26 Å². The van der Waals surface area contributed by atoms with Crippen molar-refractivity contribution in [2.24, 2.45) is 7.05 Å². The molecule has 0 N–H and O–H groups in total. The van der Waals surface area contributed by atoms with E-state index in [1.807, 2.05) is 59.0 Å². The summed E-state index contributed by atoms with van der Waals surface area (Å²) in [5.74, 6) is 1.45. The summed E-state index contributed by atoms with van der Waals surface area (Å²) < 4.78 is 7.30. The fourth-order valence-electron chi connectivity index (χ4n) is 3.14. The second kappa shape index (κ2) is 7.37. The maximum Gasteiger partial charge on any atom is 0.240 e. The lowest BCUT2D eigenvalue weighted by atomic mass is 10.1. The average Bonchev–Trinajstić information content (AvgIpc) is 3.42. The number of aromatic nitrogens is 3. The Hall–Kier alpha value is -2.54. The summed E-state index contributed by atoms with van der Waals surface area (Å²) in [6, 6.07) is 13.5. The van der Waals surface area contributed by atoms with Gasteiger partial charge in [-0.05, 0) is 30.5 Å². The van der Waals surface area contributed by atoms with E-state index in [0.29, 0.717) is 16.7 Å². The van der Waals surface area contributed by atoms with E-state index in [2.05, 4.69) is 10.2 Å². The van der Waals surface area contributed by atoms with Gasteiger partial charge in [0.25, 0.3) is 0 Å². The van der Waals surface area contributed by atoms with E-state index >= 15 is 0 Å². The Morgan fingerprint density at radius 2 is 1.88 bits per heavy atom. The van der Waals surface area contributed by atoms with E-state index in [1.165, 1.54) is 11.8 Å². The fraction of sp³-hybridized carbons (Fsp3) is 0.316. The lowest BCUT2D eigenvalue weighted by Gasteiger charge is -2.22. The Bertz CT molecular complexity index is 870. The molecule has 7 heteroatoms. The molecule has 1 fully saturated rings. The van der Waals surface area contributed by atoms with Crippen molar-refractivity contribution < 1.29 is 9.21 Å². The van der Waals surface area contributed by atoms with Gasteiger partial charge in [-0.25, -0.2) is 0 Å². The van der Waals surface area contributed by atoms with Crippen molar-refractivity contribution in [2.75, 3.05) is 13.1 Å². The van der Waals surface area contributed by atoms with Gasteiger partial charge < -0.3 is 13.9 Å². The zero-order valence-electron chi connectivity index (χ0n) is 14.5. The molecule has 26 heavy (non-hydrogen) atoms. The monoisotopic (exact) mass is 368 g/mol. The van der Waals surface area contributed by atoms with Crippen LogP contribution in [0.25, 0.3) is 11.6 Å². The zero-order chi connectivity index (χ0) is 17.9. The largest absolute Gasteiger partial charge is 0.461 e. The minimum atomic E-state index is -0.332. The first kappa shape index (κ1) is 16.9. The van der Waals surface area contributed by atoms with Gasteiger partial charge >= 0.3 is 0 Å². The number of likely N-dealkylation sites (tertiary alicyclic amines) is 1. The topological polar surface area (TPSA) is 64.2 Å². The highest BCUT2D eigenvalue weighted by Gasteiger charge is 2.30. The number of hydrogen-bond donors (Lipinski definition) is 0. The second-order valence-corrected chi connectivity index (χ2v) is 7.36. The van der Waals surface area contributed by atoms with Crippen molar-refractivity contribution in [3.63, 3.8) is 0 Å². The molecule has 2 aromatic heterocycles. The molecule has 0 aliphatic carbocycles. The average molecular weight is 368 g/mol. The van der Waals surface area contributed by atoms with Crippen LogP contribution in [0.2, 0.25) is 0 Å². The maximum atomic E-state index is 13.1. The highest BCUT2D eigenvalue weighted by atomic mass is 32.2. The first-order valence-corrected chi connectivity index (χ1v) is 9.55. The van der Waals surface area contributed by atoms with Crippen molar-refractivity contribution in [1.82, 2.24) is 19.7 Å². The summed E-state index contributed by atoms with van der Waals surface area (Å²) in [4.78, 5) is 15.1. The van der Waals surface area contributed by atoms with Crippen LogP contribution in [0.15, 0.2) is 58.3 Å². The fourth-order valence-corrected chi connectivity index (χ4v) is 4.22. The molecule has 1 amide bonds. The standard InChI is InChI=1S/C19H20N4O2S/c1-22-17(15-10-7-13-25-15)20-21-19(22)26-16(14-8-3-2-4-9-14)18(24)23-11-5-6-12-23/h2-4,7-10,13,16H,5-6,11-12H2,1H3. The molecule has 1 unspecified atom stereocenters. The van der Waals surface area contributed by atoms with Crippen LogP contribution in [-0.4, -0.2) is 38.7 Å². The van der Waals surface area contributed by atoms with Gasteiger partial charge in [-0.1, -0.05) is 42.1 Å². The van der Waals surface area contributed by atoms with Crippen molar-refractivity contribution in [3.8, 4) is 11.6 Å². The van der Waals surface area contributed by atoms with Gasteiger partial charge in [-0.3, -0.25) is 4.79 Å². The highest BCUT2D eigenvalue weighted by molar-refractivity contribution is 8.00. The number of amides is 1. The van der Waals surface area contributed by atoms with Crippen LogP contribution in [0, 0.1) is 0 Å². The van der Waals surface area contributed by atoms with Crippen molar-refractivity contribution in [3.05, 3.63) is 54.3 Å². The number of carbonyl (C=O) groups excluding carboxylic acids is 1. The molecule has 1 aliphatic rings. The molecule has 1 saturated heterocycles. The predicted molar refractivity (Wildman–Crippen MR) is 99.6 cm³/mol. The van der Waals surface area contributed by atoms with Gasteiger partial charge in [0, 0.05) is 20.1 Å². The quantitative estimate of drug-likeness (QED) is 0.645. The number of rotatable bonds is 5. The van der Waals surface area contributed by atoms with E-state index in [4.69, 9.17) is 4.42 Å². The summed E-state index contributed by atoms with van der Waals surface area (Å²) in [5, 5.41) is 8.89. The van der Waals surface area contributed by atoms with E-state index in [-0.39, 0.29) is 11.2 Å². The van der Waals surface area contributed by atoms with Crippen LogP contribution in [0.1, 0.15) is 23.7 Å². The number of thioether (sulfide) groups is 1. The third kappa shape index (κ3) is 3.26. The van der Waals surface area contributed by atoms with Crippen LogP contribution in [0.5, 0.6) is 0 Å². The summed E-state index contributed by atoms with van der Waals surface area (Å²) in [7, 11) is 1.89.